The number of rotatable bonds is 3. The predicted molar refractivity (Wildman–Crippen MR) is 120 cm³/mol. The number of anilines is 1. The molecule has 0 atom stereocenters. The normalized spacial score (nSPS) is 14.3. The average Bonchev–Trinajstić information content (AvgIpc) is 3.25. The highest BCUT2D eigenvalue weighted by atomic mass is 16.2. The molecular formula is C25H24N4O. The van der Waals surface area contributed by atoms with Gasteiger partial charge in [-0.15, -0.1) is 0 Å². The zero-order chi connectivity index (χ0) is 20.5. The van der Waals surface area contributed by atoms with E-state index in [-0.39, 0.29) is 5.91 Å². The van der Waals surface area contributed by atoms with Crippen LogP contribution in [-0.2, 0) is 0 Å². The van der Waals surface area contributed by atoms with Crippen molar-refractivity contribution in [3.8, 4) is 5.69 Å². The van der Waals surface area contributed by atoms with Crippen molar-refractivity contribution in [1.29, 1.82) is 0 Å². The van der Waals surface area contributed by atoms with Gasteiger partial charge in [0.2, 0.25) is 0 Å². The number of aromatic nitrogens is 2. The van der Waals surface area contributed by atoms with Crippen LogP contribution in [0.5, 0.6) is 0 Å². The molecule has 0 N–H and O–H groups in total. The van der Waals surface area contributed by atoms with E-state index >= 15 is 0 Å². The molecule has 0 bridgehead atoms. The number of piperazine rings is 1. The van der Waals surface area contributed by atoms with E-state index < -0.39 is 0 Å². The summed E-state index contributed by atoms with van der Waals surface area (Å²) in [4.78, 5) is 21.8. The van der Waals surface area contributed by atoms with Gasteiger partial charge in [-0.2, -0.15) is 0 Å². The minimum Gasteiger partial charge on any atom is -0.368 e. The molecule has 5 rings (SSSR count). The van der Waals surface area contributed by atoms with Crippen molar-refractivity contribution in [2.75, 3.05) is 31.1 Å². The molecule has 4 aromatic rings. The summed E-state index contributed by atoms with van der Waals surface area (Å²) in [5, 5.41) is 2.13. The Labute approximate surface area is 176 Å². The second-order valence-electron chi connectivity index (χ2n) is 7.74. The van der Waals surface area contributed by atoms with Crippen molar-refractivity contribution in [2.24, 2.45) is 0 Å². The molecule has 1 fully saturated rings. The summed E-state index contributed by atoms with van der Waals surface area (Å²) in [7, 11) is 0. The molecule has 1 aromatic heterocycles. The Bertz CT molecular complexity index is 1180. The van der Waals surface area contributed by atoms with Crippen LogP contribution in [0, 0.1) is 6.92 Å². The fourth-order valence-electron chi connectivity index (χ4n) is 4.15. The van der Waals surface area contributed by atoms with Gasteiger partial charge in [0.1, 0.15) is 0 Å². The molecule has 1 aliphatic heterocycles. The van der Waals surface area contributed by atoms with E-state index in [1.807, 2.05) is 59.2 Å². The fourth-order valence-corrected chi connectivity index (χ4v) is 4.15. The predicted octanol–water partition coefficient (Wildman–Crippen LogP) is 4.30. The molecular weight excluding hydrogens is 372 g/mol. The molecule has 1 amide bonds. The molecule has 5 heteroatoms. The van der Waals surface area contributed by atoms with Gasteiger partial charge in [0, 0.05) is 49.3 Å². The topological polar surface area (TPSA) is 41.4 Å². The average molecular weight is 396 g/mol. The van der Waals surface area contributed by atoms with Crippen LogP contribution in [0.15, 0.2) is 79.3 Å². The van der Waals surface area contributed by atoms with Crippen molar-refractivity contribution in [3.63, 3.8) is 0 Å². The van der Waals surface area contributed by atoms with Gasteiger partial charge in [-0.05, 0) is 48.0 Å². The number of aryl methyl sites for hydroxylation is 1. The van der Waals surface area contributed by atoms with E-state index in [9.17, 15) is 4.79 Å². The van der Waals surface area contributed by atoms with Gasteiger partial charge in [-0.3, -0.25) is 4.79 Å². The van der Waals surface area contributed by atoms with Crippen molar-refractivity contribution < 1.29 is 4.79 Å². The number of fused-ring (bicyclic) bond motifs is 1. The molecule has 1 aliphatic rings. The van der Waals surface area contributed by atoms with Crippen molar-refractivity contribution in [3.05, 3.63) is 90.5 Å². The molecule has 150 valence electrons. The van der Waals surface area contributed by atoms with E-state index in [1.165, 1.54) is 5.69 Å². The number of amides is 1. The number of benzene rings is 3. The maximum absolute atomic E-state index is 13.2. The molecule has 0 saturated carbocycles. The number of carbonyl (C=O) groups is 1. The lowest BCUT2D eigenvalue weighted by Crippen LogP contribution is -2.48. The van der Waals surface area contributed by atoms with Crippen LogP contribution in [0.2, 0.25) is 0 Å². The monoisotopic (exact) mass is 396 g/mol. The summed E-state index contributed by atoms with van der Waals surface area (Å²) < 4.78 is 2.03. The van der Waals surface area contributed by atoms with Crippen LogP contribution in [0.25, 0.3) is 16.5 Å². The van der Waals surface area contributed by atoms with Crippen LogP contribution >= 0.6 is 0 Å². The third-order valence-electron chi connectivity index (χ3n) is 5.81. The number of hydrogen-bond donors (Lipinski definition) is 0. The first-order valence-electron chi connectivity index (χ1n) is 10.3. The Morgan fingerprint density at radius 3 is 2.27 bits per heavy atom. The largest absolute Gasteiger partial charge is 0.368 e. The standard InChI is InChI=1S/C25H24N4O/c1-19-17-29(18-26-19)22-11-9-21(10-12-22)27-13-15-28(16-14-27)25(30)24-8-4-6-20-5-2-3-7-23(20)24/h2-12,17-18H,13-16H2,1H3. The van der Waals surface area contributed by atoms with Gasteiger partial charge in [-0.25, -0.2) is 4.98 Å². The maximum atomic E-state index is 13.2. The van der Waals surface area contributed by atoms with Gasteiger partial charge in [0.25, 0.3) is 5.91 Å². The molecule has 1 saturated heterocycles. The number of imidazole rings is 1. The van der Waals surface area contributed by atoms with Crippen molar-refractivity contribution in [2.45, 2.75) is 6.92 Å². The summed E-state index contributed by atoms with van der Waals surface area (Å²) in [6.45, 7) is 5.11. The van der Waals surface area contributed by atoms with Gasteiger partial charge in [0.15, 0.2) is 0 Å². The Balaban J connectivity index is 1.27. The molecule has 3 aromatic carbocycles. The fraction of sp³-hybridized carbons (Fsp3) is 0.200. The minimum absolute atomic E-state index is 0.122. The lowest BCUT2D eigenvalue weighted by atomic mass is 10.0. The number of nitrogens with zero attached hydrogens (tertiary/aromatic N) is 4. The Morgan fingerprint density at radius 1 is 0.833 bits per heavy atom. The van der Waals surface area contributed by atoms with E-state index in [1.54, 1.807) is 0 Å². The maximum Gasteiger partial charge on any atom is 0.254 e. The third kappa shape index (κ3) is 3.43. The van der Waals surface area contributed by atoms with E-state index in [0.29, 0.717) is 0 Å². The van der Waals surface area contributed by atoms with Crippen molar-refractivity contribution >= 4 is 22.4 Å². The molecule has 0 spiro atoms. The molecule has 0 unspecified atom stereocenters. The van der Waals surface area contributed by atoms with Gasteiger partial charge < -0.3 is 14.4 Å². The molecule has 0 aliphatic carbocycles. The third-order valence-corrected chi connectivity index (χ3v) is 5.81. The molecule has 0 radical (unpaired) electrons. The van der Waals surface area contributed by atoms with Gasteiger partial charge in [-0.1, -0.05) is 36.4 Å². The highest BCUT2D eigenvalue weighted by Gasteiger charge is 2.23. The summed E-state index contributed by atoms with van der Waals surface area (Å²) in [5.74, 6) is 0.122. The lowest BCUT2D eigenvalue weighted by molar-refractivity contribution is 0.0749. The number of hydrogen-bond acceptors (Lipinski definition) is 3. The Morgan fingerprint density at radius 2 is 1.53 bits per heavy atom. The lowest BCUT2D eigenvalue weighted by Gasteiger charge is -2.36. The van der Waals surface area contributed by atoms with Crippen LogP contribution in [0.3, 0.4) is 0 Å². The van der Waals surface area contributed by atoms with Crippen LogP contribution in [0.4, 0.5) is 5.69 Å². The number of carbonyl (C=O) groups excluding carboxylic acids is 1. The highest BCUT2D eigenvalue weighted by Crippen LogP contribution is 2.23. The zero-order valence-electron chi connectivity index (χ0n) is 17.0. The second-order valence-corrected chi connectivity index (χ2v) is 7.74. The first kappa shape index (κ1) is 18.4. The SMILES string of the molecule is Cc1cn(-c2ccc(N3CCN(C(=O)c4cccc5ccccc45)CC3)cc2)cn1. The van der Waals surface area contributed by atoms with Gasteiger partial charge >= 0.3 is 0 Å². The first-order valence-corrected chi connectivity index (χ1v) is 10.3. The van der Waals surface area contributed by atoms with E-state index in [0.717, 1.165) is 53.9 Å². The van der Waals surface area contributed by atoms with E-state index in [2.05, 4.69) is 46.3 Å². The smallest absolute Gasteiger partial charge is 0.254 e. The zero-order valence-corrected chi connectivity index (χ0v) is 17.0. The molecule has 2 heterocycles. The van der Waals surface area contributed by atoms with E-state index in [4.69, 9.17) is 0 Å². The van der Waals surface area contributed by atoms with Gasteiger partial charge in [0.05, 0.1) is 12.0 Å². The van der Waals surface area contributed by atoms with Crippen LogP contribution in [0.1, 0.15) is 16.1 Å². The van der Waals surface area contributed by atoms with Crippen LogP contribution in [-0.4, -0.2) is 46.5 Å². The Kier molecular flexibility index (Phi) is 4.71. The Hall–Kier alpha value is -3.60. The summed E-state index contributed by atoms with van der Waals surface area (Å²) in [5.41, 5.74) is 4.09. The first-order chi connectivity index (χ1) is 14.7. The second kappa shape index (κ2) is 7.67. The summed E-state index contributed by atoms with van der Waals surface area (Å²) in [6.07, 6.45) is 3.86. The quantitative estimate of drug-likeness (QED) is 0.519. The summed E-state index contributed by atoms with van der Waals surface area (Å²) >= 11 is 0. The minimum atomic E-state index is 0.122. The molecule has 5 nitrogen and oxygen atoms in total. The molecule has 30 heavy (non-hydrogen) atoms. The van der Waals surface area contributed by atoms with Crippen LogP contribution < -0.4 is 4.90 Å². The van der Waals surface area contributed by atoms with Crippen molar-refractivity contribution in [1.82, 2.24) is 14.5 Å². The highest BCUT2D eigenvalue weighted by molar-refractivity contribution is 6.07. The summed E-state index contributed by atoms with van der Waals surface area (Å²) in [6, 6.07) is 22.6.